The van der Waals surface area contributed by atoms with E-state index in [0.29, 0.717) is 27.6 Å². The highest BCUT2D eigenvalue weighted by Gasteiger charge is 2.16. The van der Waals surface area contributed by atoms with Gasteiger partial charge in [0.15, 0.2) is 5.13 Å². The molecule has 2 aromatic carbocycles. The summed E-state index contributed by atoms with van der Waals surface area (Å²) in [5, 5.41) is 5.64. The van der Waals surface area contributed by atoms with Gasteiger partial charge < -0.3 is 14.8 Å². The largest absolute Gasteiger partial charge is 0.497 e. The number of nitrogens with zero attached hydrogens (tertiary/aromatic N) is 1. The zero-order valence-electron chi connectivity index (χ0n) is 15.1. The third-order valence-corrected chi connectivity index (χ3v) is 4.61. The van der Waals surface area contributed by atoms with Gasteiger partial charge in [0.1, 0.15) is 5.75 Å². The van der Waals surface area contributed by atoms with E-state index in [-0.39, 0.29) is 12.5 Å². The first kappa shape index (κ1) is 19.3. The molecule has 0 atom stereocenters. The van der Waals surface area contributed by atoms with Crippen molar-refractivity contribution >= 4 is 50.2 Å². The van der Waals surface area contributed by atoms with E-state index in [2.05, 4.69) is 20.4 Å². The van der Waals surface area contributed by atoms with Gasteiger partial charge in [-0.2, -0.15) is 0 Å². The van der Waals surface area contributed by atoms with Crippen LogP contribution in [0.1, 0.15) is 17.3 Å². The molecule has 0 aliphatic heterocycles. The summed E-state index contributed by atoms with van der Waals surface area (Å²) in [4.78, 5) is 39.8. The maximum atomic E-state index is 12.3. The average molecular weight is 399 g/mol. The maximum Gasteiger partial charge on any atom is 0.397 e. The van der Waals surface area contributed by atoms with Crippen LogP contribution in [0.5, 0.6) is 5.75 Å². The molecule has 0 saturated heterocycles. The minimum Gasteiger partial charge on any atom is -0.497 e. The Kier molecular flexibility index (Phi) is 5.85. The molecule has 8 nitrogen and oxygen atoms in total. The second-order valence-corrected chi connectivity index (χ2v) is 6.59. The van der Waals surface area contributed by atoms with Gasteiger partial charge in [0.2, 0.25) is 0 Å². The number of rotatable bonds is 5. The quantitative estimate of drug-likeness (QED) is 0.504. The standard InChI is InChI=1S/C19H17N3O5S/c1-3-27-18(25)17(24)20-12-6-9-14-15(10-12)28-19(21-14)22-16(23)11-4-7-13(26-2)8-5-11/h4-10H,3H2,1-2H3,(H,20,24)(H,21,22,23). The van der Waals surface area contributed by atoms with Crippen molar-refractivity contribution in [3.05, 3.63) is 48.0 Å². The van der Waals surface area contributed by atoms with Crippen molar-refractivity contribution in [3.8, 4) is 5.75 Å². The second kappa shape index (κ2) is 8.49. The minimum absolute atomic E-state index is 0.122. The molecule has 0 unspecified atom stereocenters. The molecule has 1 aromatic heterocycles. The smallest absolute Gasteiger partial charge is 0.397 e. The number of aromatic nitrogens is 1. The number of nitrogens with one attached hydrogen (secondary N) is 2. The summed E-state index contributed by atoms with van der Waals surface area (Å²) in [6.07, 6.45) is 0. The number of esters is 1. The van der Waals surface area contributed by atoms with Crippen LogP contribution in [0.25, 0.3) is 10.2 Å². The number of amides is 2. The summed E-state index contributed by atoms with van der Waals surface area (Å²) in [6, 6.07) is 11.7. The van der Waals surface area contributed by atoms with E-state index < -0.39 is 11.9 Å². The van der Waals surface area contributed by atoms with Gasteiger partial charge in [0.05, 0.1) is 23.9 Å². The summed E-state index contributed by atoms with van der Waals surface area (Å²) in [7, 11) is 1.56. The molecule has 0 bridgehead atoms. The number of ether oxygens (including phenoxy) is 2. The van der Waals surface area contributed by atoms with Crippen molar-refractivity contribution in [1.82, 2.24) is 4.98 Å². The third-order valence-electron chi connectivity index (χ3n) is 3.68. The Morgan fingerprint density at radius 2 is 1.82 bits per heavy atom. The van der Waals surface area contributed by atoms with Crippen LogP contribution < -0.4 is 15.4 Å². The normalized spacial score (nSPS) is 10.4. The van der Waals surface area contributed by atoms with E-state index >= 15 is 0 Å². The van der Waals surface area contributed by atoms with Crippen molar-refractivity contribution in [3.63, 3.8) is 0 Å². The van der Waals surface area contributed by atoms with Crippen LogP contribution in [0.2, 0.25) is 0 Å². The van der Waals surface area contributed by atoms with Crippen LogP contribution in [0.3, 0.4) is 0 Å². The lowest BCUT2D eigenvalue weighted by molar-refractivity contribution is -0.152. The fourth-order valence-electron chi connectivity index (χ4n) is 2.35. The van der Waals surface area contributed by atoms with Gasteiger partial charge in [-0.25, -0.2) is 9.78 Å². The van der Waals surface area contributed by atoms with Crippen LogP contribution >= 0.6 is 11.3 Å². The van der Waals surface area contributed by atoms with Crippen molar-refractivity contribution in [1.29, 1.82) is 0 Å². The summed E-state index contributed by atoms with van der Waals surface area (Å²) in [5.74, 6) is -1.43. The summed E-state index contributed by atoms with van der Waals surface area (Å²) >= 11 is 1.25. The molecule has 0 radical (unpaired) electrons. The number of hydrogen-bond donors (Lipinski definition) is 2. The third kappa shape index (κ3) is 4.44. The Morgan fingerprint density at radius 3 is 2.50 bits per heavy atom. The van der Waals surface area contributed by atoms with Gasteiger partial charge in [-0.05, 0) is 49.4 Å². The molecule has 3 rings (SSSR count). The van der Waals surface area contributed by atoms with E-state index in [1.165, 1.54) is 11.3 Å². The zero-order chi connectivity index (χ0) is 20.1. The number of carbonyl (C=O) groups excluding carboxylic acids is 3. The Labute approximate surface area is 164 Å². The SMILES string of the molecule is CCOC(=O)C(=O)Nc1ccc2nc(NC(=O)c3ccc(OC)cc3)sc2c1. The predicted octanol–water partition coefficient (Wildman–Crippen LogP) is 3.06. The highest BCUT2D eigenvalue weighted by molar-refractivity contribution is 7.22. The van der Waals surface area contributed by atoms with Crippen molar-refractivity contribution in [2.24, 2.45) is 0 Å². The van der Waals surface area contributed by atoms with E-state index in [9.17, 15) is 14.4 Å². The molecule has 144 valence electrons. The van der Waals surface area contributed by atoms with Crippen molar-refractivity contribution < 1.29 is 23.9 Å². The number of fused-ring (bicyclic) bond motifs is 1. The van der Waals surface area contributed by atoms with E-state index in [1.807, 2.05) is 0 Å². The molecule has 9 heteroatoms. The molecule has 3 aromatic rings. The lowest BCUT2D eigenvalue weighted by Crippen LogP contribution is -2.24. The molecule has 2 N–H and O–H groups in total. The number of hydrogen-bond acceptors (Lipinski definition) is 7. The Hall–Kier alpha value is -3.46. The lowest BCUT2D eigenvalue weighted by Gasteiger charge is -2.04. The van der Waals surface area contributed by atoms with Gasteiger partial charge >= 0.3 is 11.9 Å². The Bertz CT molecular complexity index is 1030. The van der Waals surface area contributed by atoms with E-state index in [4.69, 9.17) is 4.74 Å². The molecular weight excluding hydrogens is 382 g/mol. The number of carbonyl (C=O) groups is 3. The molecule has 0 fully saturated rings. The molecule has 0 spiro atoms. The van der Waals surface area contributed by atoms with Crippen LogP contribution in [-0.2, 0) is 14.3 Å². The van der Waals surface area contributed by atoms with Gasteiger partial charge in [-0.3, -0.25) is 14.9 Å². The molecule has 2 amide bonds. The van der Waals surface area contributed by atoms with Crippen LogP contribution in [0.15, 0.2) is 42.5 Å². The first-order valence-corrected chi connectivity index (χ1v) is 9.16. The Morgan fingerprint density at radius 1 is 1.07 bits per heavy atom. The van der Waals surface area contributed by atoms with Gasteiger partial charge in [-0.1, -0.05) is 11.3 Å². The summed E-state index contributed by atoms with van der Waals surface area (Å²) in [6.45, 7) is 1.74. The van der Waals surface area contributed by atoms with E-state index in [0.717, 1.165) is 4.70 Å². The first-order valence-electron chi connectivity index (χ1n) is 8.34. The highest BCUT2D eigenvalue weighted by Crippen LogP contribution is 2.29. The fourth-order valence-corrected chi connectivity index (χ4v) is 3.25. The summed E-state index contributed by atoms with van der Waals surface area (Å²) < 4.78 is 10.5. The fraction of sp³-hybridized carbons (Fsp3) is 0.158. The zero-order valence-corrected chi connectivity index (χ0v) is 16.0. The van der Waals surface area contributed by atoms with Crippen molar-refractivity contribution in [2.45, 2.75) is 6.92 Å². The van der Waals surface area contributed by atoms with E-state index in [1.54, 1.807) is 56.5 Å². The number of thiazole rings is 1. The van der Waals surface area contributed by atoms with Gasteiger partial charge in [0.25, 0.3) is 5.91 Å². The molecule has 28 heavy (non-hydrogen) atoms. The van der Waals surface area contributed by atoms with Gasteiger partial charge in [0, 0.05) is 11.3 Å². The Balaban J connectivity index is 1.72. The van der Waals surface area contributed by atoms with Crippen LogP contribution in [0, 0.1) is 0 Å². The maximum absolute atomic E-state index is 12.3. The molecule has 0 saturated carbocycles. The molecule has 0 aliphatic rings. The van der Waals surface area contributed by atoms with Crippen LogP contribution in [-0.4, -0.2) is 36.5 Å². The average Bonchev–Trinajstić information content (AvgIpc) is 3.09. The lowest BCUT2D eigenvalue weighted by atomic mass is 10.2. The number of methoxy groups -OCH3 is 1. The summed E-state index contributed by atoms with van der Waals surface area (Å²) in [5.41, 5.74) is 1.56. The molecule has 0 aliphatic carbocycles. The topological polar surface area (TPSA) is 107 Å². The first-order chi connectivity index (χ1) is 13.5. The predicted molar refractivity (Wildman–Crippen MR) is 106 cm³/mol. The number of benzene rings is 2. The van der Waals surface area contributed by atoms with Crippen molar-refractivity contribution in [2.75, 3.05) is 24.4 Å². The second-order valence-electron chi connectivity index (χ2n) is 5.56. The molecule has 1 heterocycles. The monoisotopic (exact) mass is 399 g/mol. The van der Waals surface area contributed by atoms with Crippen LogP contribution in [0.4, 0.5) is 10.8 Å². The molecular formula is C19H17N3O5S. The van der Waals surface area contributed by atoms with Gasteiger partial charge in [-0.15, -0.1) is 0 Å². The number of anilines is 2. The minimum atomic E-state index is -0.945. The highest BCUT2D eigenvalue weighted by atomic mass is 32.1.